The van der Waals surface area contributed by atoms with Crippen molar-refractivity contribution in [1.29, 1.82) is 0 Å². The van der Waals surface area contributed by atoms with E-state index in [2.05, 4.69) is 41.0 Å². The van der Waals surface area contributed by atoms with Gasteiger partial charge in [0.15, 0.2) is 5.96 Å². The molecule has 0 aliphatic carbocycles. The highest BCUT2D eigenvalue weighted by Crippen LogP contribution is 2.12. The zero-order chi connectivity index (χ0) is 15.3. The van der Waals surface area contributed by atoms with Crippen LogP contribution in [-0.2, 0) is 6.54 Å². The van der Waals surface area contributed by atoms with Crippen molar-refractivity contribution in [2.45, 2.75) is 53.0 Å². The fourth-order valence-corrected chi connectivity index (χ4v) is 2.20. The van der Waals surface area contributed by atoms with Gasteiger partial charge in [0.1, 0.15) is 0 Å². The van der Waals surface area contributed by atoms with Crippen LogP contribution in [0.2, 0.25) is 0 Å². The first-order chi connectivity index (χ1) is 10.3. The Kier molecular flexibility index (Phi) is 9.33. The molecule has 1 aromatic heterocycles. The van der Waals surface area contributed by atoms with Gasteiger partial charge in [-0.15, -0.1) is 0 Å². The molecule has 0 saturated carbocycles. The quantitative estimate of drug-likeness (QED) is 0.515. The monoisotopic (exact) mass is 293 g/mol. The van der Waals surface area contributed by atoms with Crippen LogP contribution in [0.4, 0.5) is 0 Å². The Labute approximate surface area is 129 Å². The number of nitrogens with one attached hydrogen (secondary N) is 2. The Morgan fingerprint density at radius 2 is 2.14 bits per heavy atom. The van der Waals surface area contributed by atoms with Gasteiger partial charge >= 0.3 is 0 Å². The highest BCUT2D eigenvalue weighted by Gasteiger charge is 2.05. The van der Waals surface area contributed by atoms with Crippen molar-refractivity contribution in [2.24, 2.45) is 10.9 Å². The van der Waals surface area contributed by atoms with Crippen molar-refractivity contribution in [3.05, 3.63) is 18.7 Å². The molecule has 1 atom stereocenters. The number of nitrogens with zero attached hydrogens (tertiary/aromatic N) is 3. The van der Waals surface area contributed by atoms with Crippen molar-refractivity contribution in [3.63, 3.8) is 0 Å². The number of imidazole rings is 1. The van der Waals surface area contributed by atoms with Crippen molar-refractivity contribution in [3.8, 4) is 0 Å². The van der Waals surface area contributed by atoms with E-state index in [1.807, 2.05) is 12.5 Å². The molecule has 0 spiro atoms. The summed E-state index contributed by atoms with van der Waals surface area (Å²) < 4.78 is 2.06. The van der Waals surface area contributed by atoms with Gasteiger partial charge in [0.2, 0.25) is 0 Å². The second kappa shape index (κ2) is 11.2. The van der Waals surface area contributed by atoms with Gasteiger partial charge < -0.3 is 15.2 Å². The second-order valence-electron chi connectivity index (χ2n) is 5.36. The molecule has 0 bridgehead atoms. The second-order valence-corrected chi connectivity index (χ2v) is 5.36. The molecule has 1 rings (SSSR count). The fraction of sp³-hybridized carbons (Fsp3) is 0.750. The summed E-state index contributed by atoms with van der Waals surface area (Å²) >= 11 is 0. The number of aliphatic imine (C=N–C) groups is 1. The van der Waals surface area contributed by atoms with Gasteiger partial charge in [-0.2, -0.15) is 0 Å². The van der Waals surface area contributed by atoms with Crippen LogP contribution in [0.1, 0.15) is 46.5 Å². The number of hydrogen-bond acceptors (Lipinski definition) is 2. The summed E-state index contributed by atoms with van der Waals surface area (Å²) in [5, 5.41) is 6.70. The Morgan fingerprint density at radius 3 is 2.76 bits per heavy atom. The topological polar surface area (TPSA) is 54.2 Å². The highest BCUT2D eigenvalue weighted by atomic mass is 15.2. The standard InChI is InChI=1S/C16H31N5/c1-4-7-8-15(5-2)13-20-16(18-6-3)19-10-12-21-11-9-17-14-21/h9,11,14-15H,4-8,10,12-13H2,1-3H3,(H2,18,19,20). The highest BCUT2D eigenvalue weighted by molar-refractivity contribution is 5.79. The third kappa shape index (κ3) is 7.73. The molecule has 0 radical (unpaired) electrons. The van der Waals surface area contributed by atoms with E-state index >= 15 is 0 Å². The van der Waals surface area contributed by atoms with Crippen molar-refractivity contribution in [1.82, 2.24) is 20.2 Å². The maximum atomic E-state index is 4.73. The number of hydrogen-bond donors (Lipinski definition) is 2. The number of guanidine groups is 1. The van der Waals surface area contributed by atoms with Gasteiger partial charge in [-0.3, -0.25) is 4.99 Å². The fourth-order valence-electron chi connectivity index (χ4n) is 2.20. The lowest BCUT2D eigenvalue weighted by atomic mass is 10.00. The third-order valence-electron chi connectivity index (χ3n) is 3.62. The van der Waals surface area contributed by atoms with E-state index in [1.54, 1.807) is 6.20 Å². The van der Waals surface area contributed by atoms with Gasteiger partial charge in [-0.05, 0) is 19.3 Å². The first-order valence-corrected chi connectivity index (χ1v) is 8.28. The first kappa shape index (κ1) is 17.5. The number of aromatic nitrogens is 2. The zero-order valence-corrected chi connectivity index (χ0v) is 13.8. The van der Waals surface area contributed by atoms with Crippen LogP contribution in [0.25, 0.3) is 0 Å². The van der Waals surface area contributed by atoms with Crippen molar-refractivity contribution in [2.75, 3.05) is 19.6 Å². The van der Waals surface area contributed by atoms with E-state index in [1.165, 1.54) is 25.7 Å². The molecule has 0 fully saturated rings. The molecule has 1 unspecified atom stereocenters. The maximum Gasteiger partial charge on any atom is 0.191 e. The SMILES string of the molecule is CCCCC(CC)CN=C(NCC)NCCn1ccnc1. The maximum absolute atomic E-state index is 4.73. The molecule has 5 nitrogen and oxygen atoms in total. The lowest BCUT2D eigenvalue weighted by Gasteiger charge is -2.15. The predicted octanol–water partition coefficient (Wildman–Crippen LogP) is 2.65. The average Bonchev–Trinajstić information content (AvgIpc) is 3.00. The molecule has 1 aromatic rings. The van der Waals surface area contributed by atoms with Gasteiger partial charge in [0.25, 0.3) is 0 Å². The van der Waals surface area contributed by atoms with Gasteiger partial charge in [0, 0.05) is 38.6 Å². The normalized spacial score (nSPS) is 13.2. The van der Waals surface area contributed by atoms with Crippen LogP contribution in [0.3, 0.4) is 0 Å². The average molecular weight is 293 g/mol. The Bertz CT molecular complexity index is 372. The van der Waals surface area contributed by atoms with Crippen LogP contribution >= 0.6 is 0 Å². The number of rotatable bonds is 10. The van der Waals surface area contributed by atoms with Crippen molar-refractivity contribution < 1.29 is 0 Å². The lowest BCUT2D eigenvalue weighted by Crippen LogP contribution is -2.39. The summed E-state index contributed by atoms with van der Waals surface area (Å²) in [6.45, 7) is 10.2. The molecule has 0 amide bonds. The molecule has 0 aliphatic heterocycles. The summed E-state index contributed by atoms with van der Waals surface area (Å²) in [7, 11) is 0. The van der Waals surface area contributed by atoms with E-state index in [9.17, 15) is 0 Å². The third-order valence-corrected chi connectivity index (χ3v) is 3.62. The molecule has 2 N–H and O–H groups in total. The van der Waals surface area contributed by atoms with Crippen LogP contribution in [0.5, 0.6) is 0 Å². The molecular weight excluding hydrogens is 262 g/mol. The van der Waals surface area contributed by atoms with Crippen LogP contribution in [0.15, 0.2) is 23.7 Å². The zero-order valence-electron chi connectivity index (χ0n) is 13.8. The Morgan fingerprint density at radius 1 is 1.29 bits per heavy atom. The molecule has 0 aliphatic rings. The minimum atomic E-state index is 0.703. The van der Waals surface area contributed by atoms with E-state index < -0.39 is 0 Å². The van der Waals surface area contributed by atoms with Gasteiger partial charge in [0.05, 0.1) is 6.33 Å². The summed E-state index contributed by atoms with van der Waals surface area (Å²) in [6.07, 6.45) is 10.7. The molecule has 1 heterocycles. The molecule has 21 heavy (non-hydrogen) atoms. The first-order valence-electron chi connectivity index (χ1n) is 8.28. The molecule has 120 valence electrons. The summed E-state index contributed by atoms with van der Waals surface area (Å²) in [5.41, 5.74) is 0. The van der Waals surface area contributed by atoms with Crippen molar-refractivity contribution >= 4 is 5.96 Å². The summed E-state index contributed by atoms with van der Waals surface area (Å²) in [4.78, 5) is 8.77. The number of unbranched alkanes of at least 4 members (excludes halogenated alkanes) is 1. The van der Waals surface area contributed by atoms with Gasteiger partial charge in [-0.25, -0.2) is 4.98 Å². The summed E-state index contributed by atoms with van der Waals surface area (Å²) in [5.74, 6) is 1.63. The largest absolute Gasteiger partial charge is 0.357 e. The smallest absolute Gasteiger partial charge is 0.191 e. The molecule has 5 heteroatoms. The minimum absolute atomic E-state index is 0.703. The minimum Gasteiger partial charge on any atom is -0.357 e. The predicted molar refractivity (Wildman–Crippen MR) is 89.5 cm³/mol. The Balaban J connectivity index is 2.37. The summed E-state index contributed by atoms with van der Waals surface area (Å²) in [6, 6.07) is 0. The van der Waals surface area contributed by atoms with E-state index in [-0.39, 0.29) is 0 Å². The Hall–Kier alpha value is -1.52. The van der Waals surface area contributed by atoms with Crippen LogP contribution in [0, 0.1) is 5.92 Å². The van der Waals surface area contributed by atoms with Gasteiger partial charge in [-0.1, -0.05) is 33.1 Å². The lowest BCUT2D eigenvalue weighted by molar-refractivity contribution is 0.461. The molecule has 0 aromatic carbocycles. The van der Waals surface area contributed by atoms with E-state index in [4.69, 9.17) is 4.99 Å². The van der Waals surface area contributed by atoms with E-state index in [0.29, 0.717) is 5.92 Å². The molecular formula is C16H31N5. The van der Waals surface area contributed by atoms with Crippen LogP contribution in [-0.4, -0.2) is 35.1 Å². The molecule has 0 saturated heterocycles. The van der Waals surface area contributed by atoms with Crippen LogP contribution < -0.4 is 10.6 Å². The van der Waals surface area contributed by atoms with E-state index in [0.717, 1.165) is 32.1 Å².